The average molecular weight is 344 g/mol. The Hall–Kier alpha value is -2.18. The summed E-state index contributed by atoms with van der Waals surface area (Å²) in [6, 6.07) is 4.27. The van der Waals surface area contributed by atoms with Crippen LogP contribution in [0.15, 0.2) is 18.2 Å². The predicted molar refractivity (Wildman–Crippen MR) is 81.3 cm³/mol. The van der Waals surface area contributed by atoms with E-state index in [1.165, 1.54) is 25.1 Å². The fourth-order valence-corrected chi connectivity index (χ4v) is 2.08. The molecular weight excluding hydrogens is 325 g/mol. The second-order valence-electron chi connectivity index (χ2n) is 6.46. The van der Waals surface area contributed by atoms with Crippen LogP contribution < -0.4 is 4.74 Å². The van der Waals surface area contributed by atoms with E-state index >= 15 is 0 Å². The molecule has 4 nitrogen and oxygen atoms in total. The Morgan fingerprint density at radius 3 is 2.21 bits per heavy atom. The first kappa shape index (κ1) is 19.9. The number of carbonyl (C=O) groups is 3. The molecule has 1 aromatic rings. The van der Waals surface area contributed by atoms with E-state index in [1.807, 2.05) is 0 Å². The van der Waals surface area contributed by atoms with Gasteiger partial charge in [-0.1, -0.05) is 20.8 Å². The summed E-state index contributed by atoms with van der Waals surface area (Å²) in [7, 11) is 0. The van der Waals surface area contributed by atoms with Gasteiger partial charge < -0.3 is 4.74 Å². The van der Waals surface area contributed by atoms with Gasteiger partial charge in [-0.05, 0) is 30.5 Å². The Bertz CT molecular complexity index is 642. The van der Waals surface area contributed by atoms with Crippen molar-refractivity contribution in [3.63, 3.8) is 0 Å². The number of ketones is 2. The van der Waals surface area contributed by atoms with Crippen LogP contribution in [0.5, 0.6) is 5.75 Å². The molecule has 0 bridgehead atoms. The van der Waals surface area contributed by atoms with Crippen LogP contribution in [0, 0.1) is 0 Å². The molecule has 132 valence electrons. The van der Waals surface area contributed by atoms with Gasteiger partial charge in [-0.2, -0.15) is 13.2 Å². The number of rotatable bonds is 6. The molecule has 1 atom stereocenters. The lowest BCUT2D eigenvalue weighted by molar-refractivity contribution is -0.160. The number of Topliss-reactive ketones (excluding diaryl/α,β-unsaturated/α-hetero) is 2. The summed E-state index contributed by atoms with van der Waals surface area (Å²) in [4.78, 5) is 33.6. The van der Waals surface area contributed by atoms with E-state index in [0.29, 0.717) is 11.1 Å². The van der Waals surface area contributed by atoms with Crippen LogP contribution >= 0.6 is 0 Å². The summed E-state index contributed by atoms with van der Waals surface area (Å²) in [6.07, 6.45) is -8.36. The van der Waals surface area contributed by atoms with Crippen molar-refractivity contribution in [1.82, 2.24) is 0 Å². The zero-order valence-corrected chi connectivity index (χ0v) is 13.9. The van der Waals surface area contributed by atoms with Crippen LogP contribution in [0.4, 0.5) is 13.2 Å². The zero-order chi connectivity index (χ0) is 18.7. The largest absolute Gasteiger partial charge is 0.481 e. The van der Waals surface area contributed by atoms with Gasteiger partial charge in [0.15, 0.2) is 18.2 Å². The molecule has 0 spiro atoms. The van der Waals surface area contributed by atoms with Gasteiger partial charge in [0.25, 0.3) is 0 Å². The topological polar surface area (TPSA) is 60.4 Å². The van der Waals surface area contributed by atoms with Crippen molar-refractivity contribution in [2.24, 2.45) is 0 Å². The summed E-state index contributed by atoms with van der Waals surface area (Å²) < 4.78 is 43.1. The first-order chi connectivity index (χ1) is 10.8. The van der Waals surface area contributed by atoms with Gasteiger partial charge in [0.1, 0.15) is 5.75 Å². The van der Waals surface area contributed by atoms with Gasteiger partial charge in [-0.25, -0.2) is 0 Å². The highest BCUT2D eigenvalue weighted by Crippen LogP contribution is 2.34. The molecule has 0 aliphatic heterocycles. The summed E-state index contributed by atoms with van der Waals surface area (Å²) in [6.45, 7) is 6.74. The van der Waals surface area contributed by atoms with Crippen molar-refractivity contribution >= 4 is 17.9 Å². The Balaban J connectivity index is 3.30. The normalized spacial score (nSPS) is 13.3. The van der Waals surface area contributed by atoms with E-state index < -0.39 is 29.9 Å². The van der Waals surface area contributed by atoms with Crippen LogP contribution in [0.3, 0.4) is 0 Å². The quantitative estimate of drug-likeness (QED) is 0.449. The fraction of sp³-hybridized carbons (Fsp3) is 0.471. The van der Waals surface area contributed by atoms with Crippen LogP contribution in [-0.2, 0) is 15.0 Å². The maximum atomic E-state index is 12.6. The van der Waals surface area contributed by atoms with E-state index in [2.05, 4.69) is 0 Å². The minimum Gasteiger partial charge on any atom is -0.481 e. The summed E-state index contributed by atoms with van der Waals surface area (Å²) >= 11 is 0. The van der Waals surface area contributed by atoms with Gasteiger partial charge in [-0.3, -0.25) is 14.4 Å². The van der Waals surface area contributed by atoms with E-state index in [-0.39, 0.29) is 17.8 Å². The number of alkyl halides is 3. The molecule has 0 N–H and O–H groups in total. The number of hydrogen-bond donors (Lipinski definition) is 0. The molecule has 0 unspecified atom stereocenters. The second kappa shape index (κ2) is 7.15. The Labute approximate surface area is 138 Å². The third-order valence-electron chi connectivity index (χ3n) is 3.31. The standard InChI is InChI=1S/C17H19F3O4/c1-10(22)11-5-6-14(12(7-11)16(2,3)4)24-15(13(23)9-21)8-17(18,19)20/h5-7,9,15H,8H2,1-4H3/t15-/m1/s1. The number of benzene rings is 1. The van der Waals surface area contributed by atoms with E-state index in [0.717, 1.165) is 0 Å². The summed E-state index contributed by atoms with van der Waals surface area (Å²) in [5, 5.41) is 0. The number of carbonyl (C=O) groups excluding carboxylic acids is 3. The number of hydrogen-bond acceptors (Lipinski definition) is 4. The van der Waals surface area contributed by atoms with Crippen molar-refractivity contribution in [3.05, 3.63) is 29.3 Å². The van der Waals surface area contributed by atoms with Crippen LogP contribution in [0.1, 0.15) is 50.0 Å². The van der Waals surface area contributed by atoms with E-state index in [1.54, 1.807) is 20.8 Å². The first-order valence-electron chi connectivity index (χ1n) is 7.23. The van der Waals surface area contributed by atoms with Gasteiger partial charge in [-0.15, -0.1) is 0 Å². The molecule has 0 saturated carbocycles. The van der Waals surface area contributed by atoms with Crippen LogP contribution in [0.2, 0.25) is 0 Å². The third-order valence-corrected chi connectivity index (χ3v) is 3.31. The fourth-order valence-electron chi connectivity index (χ4n) is 2.08. The Morgan fingerprint density at radius 1 is 1.21 bits per heavy atom. The lowest BCUT2D eigenvalue weighted by Crippen LogP contribution is -2.34. The van der Waals surface area contributed by atoms with Crippen molar-refractivity contribution < 1.29 is 32.3 Å². The molecule has 7 heteroatoms. The van der Waals surface area contributed by atoms with Gasteiger partial charge >= 0.3 is 6.18 Å². The lowest BCUT2D eigenvalue weighted by atomic mass is 9.85. The molecule has 0 radical (unpaired) electrons. The average Bonchev–Trinajstić information content (AvgIpc) is 2.43. The van der Waals surface area contributed by atoms with E-state index in [4.69, 9.17) is 4.74 Å². The lowest BCUT2D eigenvalue weighted by Gasteiger charge is -2.26. The highest BCUT2D eigenvalue weighted by molar-refractivity contribution is 6.27. The number of halogens is 3. The maximum absolute atomic E-state index is 12.6. The Kier molecular flexibility index (Phi) is 5.92. The second-order valence-corrected chi connectivity index (χ2v) is 6.46. The number of ether oxygens (including phenoxy) is 1. The van der Waals surface area contributed by atoms with Gasteiger partial charge in [0.2, 0.25) is 5.78 Å². The molecule has 0 aliphatic rings. The number of aldehydes is 1. The van der Waals surface area contributed by atoms with Crippen LogP contribution in [0.25, 0.3) is 0 Å². The van der Waals surface area contributed by atoms with Crippen molar-refractivity contribution in [1.29, 1.82) is 0 Å². The van der Waals surface area contributed by atoms with Gasteiger partial charge in [0, 0.05) is 11.1 Å². The van der Waals surface area contributed by atoms with Crippen molar-refractivity contribution in [3.8, 4) is 5.75 Å². The molecule has 0 aromatic heterocycles. The van der Waals surface area contributed by atoms with Crippen LogP contribution in [-0.4, -0.2) is 30.1 Å². The van der Waals surface area contributed by atoms with Crippen molar-refractivity contribution in [2.75, 3.05) is 0 Å². The first-order valence-corrected chi connectivity index (χ1v) is 7.23. The Morgan fingerprint density at radius 2 is 1.79 bits per heavy atom. The molecule has 24 heavy (non-hydrogen) atoms. The van der Waals surface area contributed by atoms with Crippen molar-refractivity contribution in [2.45, 2.75) is 51.8 Å². The van der Waals surface area contributed by atoms with E-state index in [9.17, 15) is 27.6 Å². The maximum Gasteiger partial charge on any atom is 0.393 e. The SMILES string of the molecule is CC(=O)c1ccc(O[C@H](CC(F)(F)F)C(=O)C=O)c(C(C)(C)C)c1. The molecule has 0 aliphatic carbocycles. The van der Waals surface area contributed by atoms with Gasteiger partial charge in [0.05, 0.1) is 6.42 Å². The monoisotopic (exact) mass is 344 g/mol. The molecule has 0 heterocycles. The molecule has 0 saturated heterocycles. The summed E-state index contributed by atoms with van der Waals surface area (Å²) in [5.41, 5.74) is 0.302. The predicted octanol–water partition coefficient (Wildman–Crippen LogP) is 3.65. The highest BCUT2D eigenvalue weighted by atomic mass is 19.4. The minimum absolute atomic E-state index is 0.0388. The minimum atomic E-state index is -4.66. The smallest absolute Gasteiger partial charge is 0.393 e. The molecule has 0 amide bonds. The molecule has 1 rings (SSSR count). The molecule has 1 aromatic carbocycles. The third kappa shape index (κ3) is 5.47. The highest BCUT2D eigenvalue weighted by Gasteiger charge is 2.37. The molecule has 0 fully saturated rings. The summed E-state index contributed by atoms with van der Waals surface area (Å²) in [5.74, 6) is -1.46. The zero-order valence-electron chi connectivity index (χ0n) is 13.9. The molecular formula is C17H19F3O4.